The summed E-state index contributed by atoms with van der Waals surface area (Å²) in [5.74, 6) is 0.114. The number of carbonyl (C=O) groups is 1. The van der Waals surface area contributed by atoms with E-state index in [1.807, 2.05) is 0 Å². The lowest BCUT2D eigenvalue weighted by Gasteiger charge is -2.07. The number of aromatic nitrogens is 1. The number of nitrogens with one attached hydrogen (secondary N) is 2. The minimum Gasteiger partial charge on any atom is -0.435 e. The van der Waals surface area contributed by atoms with Crippen LogP contribution in [0, 0.1) is 0 Å². The zero-order valence-corrected chi connectivity index (χ0v) is 11.7. The molecule has 1 aromatic carbocycles. The molecule has 2 N–H and O–H groups in total. The molecule has 2 aromatic rings. The second-order valence-electron chi connectivity index (χ2n) is 3.99. The molecule has 0 saturated heterocycles. The summed E-state index contributed by atoms with van der Waals surface area (Å²) in [5.41, 5.74) is 0.908. The van der Waals surface area contributed by atoms with Gasteiger partial charge in [0, 0.05) is 18.1 Å². The van der Waals surface area contributed by atoms with Gasteiger partial charge in [0.15, 0.2) is 5.13 Å². The monoisotopic (exact) mass is 313 g/mol. The van der Waals surface area contributed by atoms with Crippen LogP contribution in [0.2, 0.25) is 0 Å². The lowest BCUT2D eigenvalue weighted by Crippen LogP contribution is -2.30. The number of hydrogen-bond acceptors (Lipinski definition) is 4. The fourth-order valence-corrected chi connectivity index (χ4v) is 2.11. The van der Waals surface area contributed by atoms with E-state index in [0.29, 0.717) is 18.1 Å². The van der Waals surface area contributed by atoms with Gasteiger partial charge in [0.2, 0.25) is 0 Å². The summed E-state index contributed by atoms with van der Waals surface area (Å²) in [5, 5.41) is 7.57. The first-order valence-corrected chi connectivity index (χ1v) is 6.99. The van der Waals surface area contributed by atoms with Crippen LogP contribution in [0.15, 0.2) is 35.8 Å². The summed E-state index contributed by atoms with van der Waals surface area (Å²) in [7, 11) is 0. The molecule has 5 nitrogen and oxygen atoms in total. The fraction of sp³-hybridized carbons (Fsp3) is 0.231. The van der Waals surface area contributed by atoms with Gasteiger partial charge in [-0.05, 0) is 24.1 Å². The van der Waals surface area contributed by atoms with Gasteiger partial charge in [-0.1, -0.05) is 12.1 Å². The van der Waals surface area contributed by atoms with E-state index >= 15 is 0 Å². The maximum absolute atomic E-state index is 12.0. The Bertz CT molecular complexity index is 561. The fourth-order valence-electron chi connectivity index (χ4n) is 1.58. The lowest BCUT2D eigenvalue weighted by molar-refractivity contribution is -0.0498. The molecule has 0 saturated carbocycles. The molecule has 0 fully saturated rings. The highest BCUT2D eigenvalue weighted by Crippen LogP contribution is 2.15. The Morgan fingerprint density at radius 1 is 1.33 bits per heavy atom. The highest BCUT2D eigenvalue weighted by molar-refractivity contribution is 7.13. The Morgan fingerprint density at radius 2 is 2.10 bits per heavy atom. The second kappa shape index (κ2) is 7.53. The highest BCUT2D eigenvalue weighted by atomic mass is 32.1. The van der Waals surface area contributed by atoms with E-state index in [1.54, 1.807) is 23.7 Å². The van der Waals surface area contributed by atoms with Crippen molar-refractivity contribution in [3.8, 4) is 5.75 Å². The number of ether oxygens (including phenoxy) is 1. The quantitative estimate of drug-likeness (QED) is 0.861. The molecule has 8 heteroatoms. The zero-order valence-electron chi connectivity index (χ0n) is 10.9. The van der Waals surface area contributed by atoms with Crippen LogP contribution in [-0.2, 0) is 6.42 Å². The van der Waals surface area contributed by atoms with Crippen LogP contribution in [0.25, 0.3) is 0 Å². The van der Waals surface area contributed by atoms with Crippen molar-refractivity contribution >= 4 is 22.5 Å². The van der Waals surface area contributed by atoms with Gasteiger partial charge >= 0.3 is 12.6 Å². The summed E-state index contributed by atoms with van der Waals surface area (Å²) in [6, 6.07) is 5.97. The first-order valence-electron chi connectivity index (χ1n) is 6.11. The van der Waals surface area contributed by atoms with Gasteiger partial charge in [0.05, 0.1) is 0 Å². The molecule has 0 unspecified atom stereocenters. The third-order valence-electron chi connectivity index (χ3n) is 2.50. The van der Waals surface area contributed by atoms with Crippen molar-refractivity contribution in [1.29, 1.82) is 0 Å². The molecule has 112 valence electrons. The number of halogens is 2. The maximum atomic E-state index is 12.0. The maximum Gasteiger partial charge on any atom is 0.387 e. The summed E-state index contributed by atoms with van der Waals surface area (Å²) in [6.07, 6.45) is 2.18. The largest absolute Gasteiger partial charge is 0.435 e. The number of hydrogen-bond donors (Lipinski definition) is 2. The number of nitrogens with zero attached hydrogens (tertiary/aromatic N) is 1. The van der Waals surface area contributed by atoms with E-state index in [4.69, 9.17) is 0 Å². The summed E-state index contributed by atoms with van der Waals surface area (Å²) < 4.78 is 28.2. The highest BCUT2D eigenvalue weighted by Gasteiger charge is 2.05. The van der Waals surface area contributed by atoms with Crippen molar-refractivity contribution in [2.24, 2.45) is 0 Å². The molecule has 0 aliphatic rings. The van der Waals surface area contributed by atoms with Gasteiger partial charge in [-0.3, -0.25) is 5.32 Å². The van der Waals surface area contributed by atoms with E-state index in [0.717, 1.165) is 5.56 Å². The Hall–Kier alpha value is -2.22. The third-order valence-corrected chi connectivity index (χ3v) is 3.19. The number of rotatable bonds is 6. The smallest absolute Gasteiger partial charge is 0.387 e. The molecule has 0 aliphatic carbocycles. The summed E-state index contributed by atoms with van der Waals surface area (Å²) in [4.78, 5) is 15.4. The number of anilines is 1. The van der Waals surface area contributed by atoms with E-state index in [1.165, 1.54) is 23.5 Å². The van der Waals surface area contributed by atoms with Crippen molar-refractivity contribution in [2.45, 2.75) is 13.0 Å². The molecular weight excluding hydrogens is 300 g/mol. The third kappa shape index (κ3) is 5.35. The molecule has 0 atom stereocenters. The van der Waals surface area contributed by atoms with E-state index in [9.17, 15) is 13.6 Å². The van der Waals surface area contributed by atoms with Crippen molar-refractivity contribution in [1.82, 2.24) is 10.3 Å². The van der Waals surface area contributed by atoms with Crippen molar-refractivity contribution in [2.75, 3.05) is 11.9 Å². The topological polar surface area (TPSA) is 63.2 Å². The number of carbonyl (C=O) groups excluding carboxylic acids is 1. The summed E-state index contributed by atoms with van der Waals surface area (Å²) in [6.45, 7) is -2.40. The average molecular weight is 313 g/mol. The first kappa shape index (κ1) is 15.2. The zero-order chi connectivity index (χ0) is 15.1. The van der Waals surface area contributed by atoms with Crippen LogP contribution >= 0.6 is 11.3 Å². The normalized spacial score (nSPS) is 10.4. The van der Waals surface area contributed by atoms with Gasteiger partial charge in [-0.15, -0.1) is 11.3 Å². The van der Waals surface area contributed by atoms with E-state index in [2.05, 4.69) is 20.4 Å². The Kier molecular flexibility index (Phi) is 5.44. The number of amides is 2. The predicted molar refractivity (Wildman–Crippen MR) is 75.9 cm³/mol. The number of alkyl halides is 2. The first-order chi connectivity index (χ1) is 10.1. The predicted octanol–water partition coefficient (Wildman–Crippen LogP) is 3.11. The molecule has 2 amide bonds. The average Bonchev–Trinajstić information content (AvgIpc) is 2.93. The minimum atomic E-state index is -2.83. The SMILES string of the molecule is O=C(NCCc1ccc(OC(F)F)cc1)Nc1nccs1. The Morgan fingerprint density at radius 3 is 2.71 bits per heavy atom. The molecular formula is C13H13F2N3O2S. The minimum absolute atomic E-state index is 0.114. The van der Waals surface area contributed by atoms with Crippen molar-refractivity contribution < 1.29 is 18.3 Å². The molecule has 21 heavy (non-hydrogen) atoms. The van der Waals surface area contributed by atoms with Crippen LogP contribution in [0.3, 0.4) is 0 Å². The molecule has 1 heterocycles. The van der Waals surface area contributed by atoms with Gasteiger partial charge in [-0.2, -0.15) is 8.78 Å². The lowest BCUT2D eigenvalue weighted by atomic mass is 10.1. The standard InChI is InChI=1S/C13H13F2N3O2S/c14-11(15)20-10-3-1-9(2-4-10)5-6-16-12(19)18-13-17-7-8-21-13/h1-4,7-8,11H,5-6H2,(H2,16,17,18,19). The van der Waals surface area contributed by atoms with Gasteiger partial charge in [0.25, 0.3) is 0 Å². The Labute approximate surface area is 124 Å². The number of thiazole rings is 1. The molecule has 2 rings (SSSR count). The molecule has 0 radical (unpaired) electrons. The van der Waals surface area contributed by atoms with Gasteiger partial charge in [-0.25, -0.2) is 9.78 Å². The van der Waals surface area contributed by atoms with Crippen molar-refractivity contribution in [3.05, 3.63) is 41.4 Å². The summed E-state index contributed by atoms with van der Waals surface area (Å²) >= 11 is 1.33. The van der Waals surface area contributed by atoms with Gasteiger partial charge in [0.1, 0.15) is 5.75 Å². The Balaban J connectivity index is 1.71. The number of urea groups is 1. The van der Waals surface area contributed by atoms with Gasteiger partial charge < -0.3 is 10.1 Å². The van der Waals surface area contributed by atoms with Crippen LogP contribution in [0.5, 0.6) is 5.75 Å². The molecule has 0 bridgehead atoms. The molecule has 1 aromatic heterocycles. The van der Waals surface area contributed by atoms with E-state index < -0.39 is 6.61 Å². The van der Waals surface area contributed by atoms with Crippen LogP contribution < -0.4 is 15.4 Å². The molecule has 0 aliphatic heterocycles. The second-order valence-corrected chi connectivity index (χ2v) is 4.89. The van der Waals surface area contributed by atoms with Crippen LogP contribution in [-0.4, -0.2) is 24.2 Å². The van der Waals surface area contributed by atoms with Crippen LogP contribution in [0.1, 0.15) is 5.56 Å². The van der Waals surface area contributed by atoms with Crippen LogP contribution in [0.4, 0.5) is 18.7 Å². The van der Waals surface area contributed by atoms with E-state index in [-0.39, 0.29) is 11.8 Å². The molecule has 0 spiro atoms. The number of benzene rings is 1. The van der Waals surface area contributed by atoms with Crippen molar-refractivity contribution in [3.63, 3.8) is 0 Å².